The van der Waals surface area contributed by atoms with Crippen molar-refractivity contribution in [3.05, 3.63) is 64.6 Å². The first-order valence-electron chi connectivity index (χ1n) is 9.77. The molecular weight excluding hydrogens is 434 g/mol. The molecule has 0 bridgehead atoms. The van der Waals surface area contributed by atoms with Gasteiger partial charge in [0.05, 0.1) is 25.0 Å². The lowest BCUT2D eigenvalue weighted by Crippen LogP contribution is -2.30. The van der Waals surface area contributed by atoms with Gasteiger partial charge in [0, 0.05) is 6.54 Å². The molecule has 1 heterocycles. The van der Waals surface area contributed by atoms with E-state index in [9.17, 15) is 9.59 Å². The van der Waals surface area contributed by atoms with Crippen molar-refractivity contribution in [1.29, 1.82) is 0 Å². The first-order valence-corrected chi connectivity index (χ1v) is 11.0. The predicted molar refractivity (Wildman–Crippen MR) is 125 cm³/mol. The number of esters is 1. The molecule has 1 amide bonds. The molecule has 0 aromatic heterocycles. The van der Waals surface area contributed by atoms with Crippen LogP contribution in [0.1, 0.15) is 24.5 Å². The molecule has 8 heteroatoms. The summed E-state index contributed by atoms with van der Waals surface area (Å²) in [5.41, 5.74) is 1.86. The molecule has 31 heavy (non-hydrogen) atoms. The lowest BCUT2D eigenvalue weighted by Gasteiger charge is -2.13. The Hall–Kier alpha value is -2.84. The Morgan fingerprint density at radius 2 is 1.90 bits per heavy atom. The molecule has 0 unspecified atom stereocenters. The van der Waals surface area contributed by atoms with Gasteiger partial charge in [0.2, 0.25) is 0 Å². The van der Waals surface area contributed by atoms with Gasteiger partial charge < -0.3 is 14.2 Å². The van der Waals surface area contributed by atoms with E-state index >= 15 is 0 Å². The third kappa shape index (κ3) is 6.08. The SMILES string of the molecule is CCOc1cc(/C=C2\SC(=S)N(CCC(=O)OC)C2=O)ccc1OCc1ccccc1. The van der Waals surface area contributed by atoms with Gasteiger partial charge in [-0.2, -0.15) is 0 Å². The van der Waals surface area contributed by atoms with E-state index in [0.29, 0.717) is 33.9 Å². The second-order valence-corrected chi connectivity index (χ2v) is 8.25. The largest absolute Gasteiger partial charge is 0.490 e. The Morgan fingerprint density at radius 1 is 1.13 bits per heavy atom. The van der Waals surface area contributed by atoms with Crippen LogP contribution in [0.5, 0.6) is 11.5 Å². The van der Waals surface area contributed by atoms with Crippen LogP contribution in [0.4, 0.5) is 0 Å². The molecule has 0 saturated carbocycles. The number of carbonyl (C=O) groups excluding carboxylic acids is 2. The zero-order chi connectivity index (χ0) is 22.2. The molecule has 1 aliphatic heterocycles. The summed E-state index contributed by atoms with van der Waals surface area (Å²) in [6.45, 7) is 3.02. The van der Waals surface area contributed by atoms with Gasteiger partial charge in [0.15, 0.2) is 11.5 Å². The number of thioether (sulfide) groups is 1. The van der Waals surface area contributed by atoms with E-state index in [1.807, 2.05) is 55.5 Å². The van der Waals surface area contributed by atoms with Crippen LogP contribution in [0, 0.1) is 0 Å². The normalized spacial score (nSPS) is 14.8. The Bertz CT molecular complexity index is 991. The van der Waals surface area contributed by atoms with Gasteiger partial charge in [0.1, 0.15) is 10.9 Å². The number of methoxy groups -OCH3 is 1. The van der Waals surface area contributed by atoms with Gasteiger partial charge in [-0.25, -0.2) is 0 Å². The summed E-state index contributed by atoms with van der Waals surface area (Å²) in [6, 6.07) is 15.4. The minimum absolute atomic E-state index is 0.0954. The topological polar surface area (TPSA) is 65.1 Å². The minimum Gasteiger partial charge on any atom is -0.490 e. The average Bonchev–Trinajstić information content (AvgIpc) is 3.04. The first kappa shape index (κ1) is 22.8. The number of hydrogen-bond donors (Lipinski definition) is 0. The third-order valence-corrected chi connectivity index (χ3v) is 5.82. The Kier molecular flexibility index (Phi) is 8.08. The molecule has 162 valence electrons. The Labute approximate surface area is 191 Å². The molecule has 0 atom stereocenters. The van der Waals surface area contributed by atoms with E-state index in [0.717, 1.165) is 11.1 Å². The summed E-state index contributed by atoms with van der Waals surface area (Å²) in [4.78, 5) is 26.0. The smallest absolute Gasteiger partial charge is 0.307 e. The Balaban J connectivity index is 1.74. The average molecular weight is 458 g/mol. The number of rotatable bonds is 9. The Morgan fingerprint density at radius 3 is 2.61 bits per heavy atom. The molecule has 2 aromatic rings. The minimum atomic E-state index is -0.384. The van der Waals surface area contributed by atoms with E-state index in [2.05, 4.69) is 4.74 Å². The third-order valence-electron chi connectivity index (χ3n) is 4.44. The highest BCUT2D eigenvalue weighted by Crippen LogP contribution is 2.35. The fourth-order valence-corrected chi connectivity index (χ4v) is 4.20. The van der Waals surface area contributed by atoms with Crippen LogP contribution in [-0.2, 0) is 20.9 Å². The van der Waals surface area contributed by atoms with Crippen LogP contribution in [-0.4, -0.2) is 41.4 Å². The van der Waals surface area contributed by atoms with Crippen molar-refractivity contribution in [2.45, 2.75) is 20.0 Å². The summed E-state index contributed by atoms with van der Waals surface area (Å²) < 4.78 is 16.7. The van der Waals surface area contributed by atoms with E-state index in [1.165, 1.54) is 23.8 Å². The monoisotopic (exact) mass is 457 g/mol. The molecule has 1 fully saturated rings. The number of carbonyl (C=O) groups is 2. The zero-order valence-electron chi connectivity index (χ0n) is 17.3. The maximum Gasteiger partial charge on any atom is 0.307 e. The summed E-state index contributed by atoms with van der Waals surface area (Å²) in [5, 5.41) is 0. The highest BCUT2D eigenvalue weighted by atomic mass is 32.2. The summed E-state index contributed by atoms with van der Waals surface area (Å²) in [5.74, 6) is 0.633. The van der Waals surface area contributed by atoms with Crippen molar-refractivity contribution in [3.8, 4) is 11.5 Å². The van der Waals surface area contributed by atoms with Crippen LogP contribution in [0.15, 0.2) is 53.4 Å². The van der Waals surface area contributed by atoms with Gasteiger partial charge >= 0.3 is 5.97 Å². The summed E-state index contributed by atoms with van der Waals surface area (Å²) >= 11 is 6.51. The maximum atomic E-state index is 12.7. The molecule has 0 N–H and O–H groups in total. The molecule has 0 aliphatic carbocycles. The second kappa shape index (κ2) is 11.0. The second-order valence-electron chi connectivity index (χ2n) is 6.57. The van der Waals surface area contributed by atoms with Crippen LogP contribution in [0.25, 0.3) is 6.08 Å². The molecule has 1 aliphatic rings. The standard InChI is InChI=1S/C23H23NO5S2/c1-3-28-19-13-17(9-10-18(19)29-15-16-7-5-4-6-8-16)14-20-22(26)24(23(30)31-20)12-11-21(25)27-2/h4-10,13-14H,3,11-12,15H2,1-2H3/b20-14-. The molecule has 0 radical (unpaired) electrons. The quantitative estimate of drug-likeness (QED) is 0.314. The van der Waals surface area contributed by atoms with Gasteiger partial charge in [-0.3, -0.25) is 14.5 Å². The summed E-state index contributed by atoms with van der Waals surface area (Å²) in [7, 11) is 1.32. The van der Waals surface area contributed by atoms with Gasteiger partial charge in [-0.15, -0.1) is 0 Å². The number of hydrogen-bond acceptors (Lipinski definition) is 7. The highest BCUT2D eigenvalue weighted by Gasteiger charge is 2.32. The number of ether oxygens (including phenoxy) is 3. The lowest BCUT2D eigenvalue weighted by atomic mass is 10.1. The van der Waals surface area contributed by atoms with E-state index in [-0.39, 0.29) is 24.8 Å². The molecule has 0 spiro atoms. The van der Waals surface area contributed by atoms with Gasteiger partial charge in [-0.1, -0.05) is 60.4 Å². The van der Waals surface area contributed by atoms with Gasteiger partial charge in [-0.05, 0) is 36.3 Å². The fraction of sp³-hybridized carbons (Fsp3) is 0.261. The number of benzene rings is 2. The van der Waals surface area contributed by atoms with Crippen molar-refractivity contribution in [1.82, 2.24) is 4.90 Å². The first-order chi connectivity index (χ1) is 15.0. The van der Waals surface area contributed by atoms with E-state index < -0.39 is 0 Å². The van der Waals surface area contributed by atoms with Crippen LogP contribution in [0.2, 0.25) is 0 Å². The van der Waals surface area contributed by atoms with Crippen LogP contribution < -0.4 is 9.47 Å². The molecule has 1 saturated heterocycles. The molecule has 2 aromatic carbocycles. The van der Waals surface area contributed by atoms with Crippen molar-refractivity contribution >= 4 is 46.3 Å². The summed E-state index contributed by atoms with van der Waals surface area (Å²) in [6.07, 6.45) is 1.86. The van der Waals surface area contributed by atoms with Crippen LogP contribution >= 0.6 is 24.0 Å². The zero-order valence-corrected chi connectivity index (χ0v) is 19.0. The lowest BCUT2D eigenvalue weighted by molar-refractivity contribution is -0.140. The number of amides is 1. The highest BCUT2D eigenvalue weighted by molar-refractivity contribution is 8.26. The molecule has 6 nitrogen and oxygen atoms in total. The van der Waals surface area contributed by atoms with E-state index in [1.54, 1.807) is 6.08 Å². The molecular formula is C23H23NO5S2. The van der Waals surface area contributed by atoms with Crippen LogP contribution in [0.3, 0.4) is 0 Å². The van der Waals surface area contributed by atoms with Crippen molar-refractivity contribution < 1.29 is 23.8 Å². The fourth-order valence-electron chi connectivity index (χ4n) is 2.89. The van der Waals surface area contributed by atoms with Crippen molar-refractivity contribution in [2.24, 2.45) is 0 Å². The van der Waals surface area contributed by atoms with E-state index in [4.69, 9.17) is 21.7 Å². The molecule has 3 rings (SSSR count). The maximum absolute atomic E-state index is 12.7. The van der Waals surface area contributed by atoms with Gasteiger partial charge in [0.25, 0.3) is 5.91 Å². The number of nitrogens with zero attached hydrogens (tertiary/aromatic N) is 1. The number of thiocarbonyl (C=S) groups is 1. The van der Waals surface area contributed by atoms with Crippen molar-refractivity contribution in [3.63, 3.8) is 0 Å². The van der Waals surface area contributed by atoms with Crippen molar-refractivity contribution in [2.75, 3.05) is 20.3 Å². The predicted octanol–water partition coefficient (Wildman–Crippen LogP) is 4.43.